The average molecular weight is 315 g/mol. The van der Waals surface area contributed by atoms with Crippen molar-refractivity contribution in [2.24, 2.45) is 0 Å². The van der Waals surface area contributed by atoms with Gasteiger partial charge in [-0.25, -0.2) is 4.98 Å². The number of hydrogen-bond donors (Lipinski definition) is 1. The zero-order valence-corrected chi connectivity index (χ0v) is 13.5. The molecule has 21 heavy (non-hydrogen) atoms. The Hall–Kier alpha value is -1.56. The second-order valence-corrected chi connectivity index (χ2v) is 6.63. The number of aromatic nitrogens is 2. The Balaban J connectivity index is 1.72. The molecule has 0 saturated carbocycles. The van der Waals surface area contributed by atoms with E-state index in [0.717, 1.165) is 23.7 Å². The van der Waals surface area contributed by atoms with Crippen LogP contribution < -0.4 is 5.32 Å². The van der Waals surface area contributed by atoms with Gasteiger partial charge < -0.3 is 5.32 Å². The van der Waals surface area contributed by atoms with Crippen LogP contribution in [0.15, 0.2) is 46.7 Å². The first-order valence-electron chi connectivity index (χ1n) is 6.86. The molecular weight excluding hydrogens is 298 g/mol. The van der Waals surface area contributed by atoms with E-state index in [1.54, 1.807) is 28.9 Å². The number of hydrogen-bond acceptors (Lipinski definition) is 5. The predicted molar refractivity (Wildman–Crippen MR) is 88.7 cm³/mol. The Labute approximate surface area is 132 Å². The van der Waals surface area contributed by atoms with E-state index in [-0.39, 0.29) is 6.04 Å². The van der Waals surface area contributed by atoms with Gasteiger partial charge in [-0.1, -0.05) is 6.07 Å². The molecule has 5 heteroatoms. The van der Waals surface area contributed by atoms with Crippen molar-refractivity contribution in [2.75, 3.05) is 0 Å². The summed E-state index contributed by atoms with van der Waals surface area (Å²) in [7, 11) is 0. The lowest BCUT2D eigenvalue weighted by Crippen LogP contribution is -2.22. The Morgan fingerprint density at radius 3 is 2.86 bits per heavy atom. The van der Waals surface area contributed by atoms with E-state index in [0.29, 0.717) is 0 Å². The maximum Gasteiger partial charge on any atom is 0.110 e. The van der Waals surface area contributed by atoms with Crippen molar-refractivity contribution in [3.8, 4) is 0 Å². The van der Waals surface area contributed by atoms with Crippen LogP contribution in [0.1, 0.15) is 27.9 Å². The zero-order valence-electron chi connectivity index (χ0n) is 11.8. The standard InChI is InChI=1S/C16H17N3S2/c1-12-10-21-16(19-12)15(7-13-4-6-20-11-13)18-9-14-3-2-5-17-8-14/h2-6,8,10-11,15,18H,7,9H2,1H3/t15-/m1/s1. The van der Waals surface area contributed by atoms with Gasteiger partial charge in [0.25, 0.3) is 0 Å². The summed E-state index contributed by atoms with van der Waals surface area (Å²) in [4.78, 5) is 8.81. The molecule has 3 aromatic rings. The summed E-state index contributed by atoms with van der Waals surface area (Å²) in [5, 5.41) is 11.2. The highest BCUT2D eigenvalue weighted by Crippen LogP contribution is 2.23. The molecule has 0 saturated heterocycles. The summed E-state index contributed by atoms with van der Waals surface area (Å²) in [6.07, 6.45) is 4.68. The number of pyridine rings is 1. The summed E-state index contributed by atoms with van der Waals surface area (Å²) in [5.41, 5.74) is 3.64. The first kappa shape index (κ1) is 14.4. The van der Waals surface area contributed by atoms with Gasteiger partial charge in [-0.05, 0) is 47.4 Å². The summed E-state index contributed by atoms with van der Waals surface area (Å²) in [6.45, 7) is 2.85. The van der Waals surface area contributed by atoms with E-state index in [1.165, 1.54) is 11.1 Å². The molecule has 0 aliphatic carbocycles. The smallest absolute Gasteiger partial charge is 0.110 e. The quantitative estimate of drug-likeness (QED) is 0.747. The summed E-state index contributed by atoms with van der Waals surface area (Å²) >= 11 is 3.47. The summed E-state index contributed by atoms with van der Waals surface area (Å²) in [6, 6.07) is 6.50. The molecule has 1 atom stereocenters. The van der Waals surface area contributed by atoms with Crippen molar-refractivity contribution >= 4 is 22.7 Å². The second kappa shape index (κ2) is 6.93. The summed E-state index contributed by atoms with van der Waals surface area (Å²) in [5.74, 6) is 0. The van der Waals surface area contributed by atoms with Gasteiger partial charge in [0, 0.05) is 30.0 Å². The highest BCUT2D eigenvalue weighted by molar-refractivity contribution is 7.09. The van der Waals surface area contributed by atoms with Crippen LogP contribution in [0.4, 0.5) is 0 Å². The van der Waals surface area contributed by atoms with Crippen LogP contribution in [0.3, 0.4) is 0 Å². The predicted octanol–water partition coefficient (Wildman–Crippen LogP) is 3.98. The number of nitrogens with zero attached hydrogens (tertiary/aromatic N) is 2. The van der Waals surface area contributed by atoms with Crippen molar-refractivity contribution in [1.82, 2.24) is 15.3 Å². The topological polar surface area (TPSA) is 37.8 Å². The maximum atomic E-state index is 4.65. The fraction of sp³-hybridized carbons (Fsp3) is 0.250. The molecule has 0 amide bonds. The third kappa shape index (κ3) is 3.97. The maximum absolute atomic E-state index is 4.65. The van der Waals surface area contributed by atoms with Crippen molar-refractivity contribution in [1.29, 1.82) is 0 Å². The summed E-state index contributed by atoms with van der Waals surface area (Å²) < 4.78 is 0. The number of aryl methyl sites for hydroxylation is 1. The van der Waals surface area contributed by atoms with E-state index in [9.17, 15) is 0 Å². The van der Waals surface area contributed by atoms with Crippen LogP contribution in [-0.4, -0.2) is 9.97 Å². The van der Waals surface area contributed by atoms with Crippen LogP contribution in [0, 0.1) is 6.92 Å². The van der Waals surface area contributed by atoms with Crippen molar-refractivity contribution < 1.29 is 0 Å². The van der Waals surface area contributed by atoms with Crippen molar-refractivity contribution in [3.63, 3.8) is 0 Å². The van der Waals surface area contributed by atoms with Crippen LogP contribution in [0.25, 0.3) is 0 Å². The van der Waals surface area contributed by atoms with E-state index >= 15 is 0 Å². The van der Waals surface area contributed by atoms with Gasteiger partial charge in [0.2, 0.25) is 0 Å². The molecule has 0 spiro atoms. The molecule has 0 aliphatic rings. The van der Waals surface area contributed by atoms with Gasteiger partial charge in [-0.3, -0.25) is 4.98 Å². The normalized spacial score (nSPS) is 12.4. The largest absolute Gasteiger partial charge is 0.303 e. The minimum Gasteiger partial charge on any atom is -0.303 e. The number of nitrogens with one attached hydrogen (secondary N) is 1. The molecule has 3 rings (SSSR count). The SMILES string of the molecule is Cc1csc([C@@H](Cc2ccsc2)NCc2cccnc2)n1. The van der Waals surface area contributed by atoms with Gasteiger partial charge >= 0.3 is 0 Å². The monoisotopic (exact) mass is 315 g/mol. The van der Waals surface area contributed by atoms with Crippen LogP contribution in [0.5, 0.6) is 0 Å². The average Bonchev–Trinajstić information content (AvgIpc) is 3.16. The first-order chi connectivity index (χ1) is 10.3. The molecule has 3 aromatic heterocycles. The van der Waals surface area contributed by atoms with Crippen molar-refractivity contribution in [2.45, 2.75) is 25.9 Å². The van der Waals surface area contributed by atoms with Gasteiger partial charge in [0.1, 0.15) is 5.01 Å². The lowest BCUT2D eigenvalue weighted by Gasteiger charge is -2.16. The molecule has 1 N–H and O–H groups in total. The van der Waals surface area contributed by atoms with Gasteiger partial charge in [0.05, 0.1) is 6.04 Å². The second-order valence-electron chi connectivity index (χ2n) is 4.96. The van der Waals surface area contributed by atoms with Crippen molar-refractivity contribution in [3.05, 3.63) is 68.6 Å². The van der Waals surface area contributed by atoms with E-state index < -0.39 is 0 Å². The minimum atomic E-state index is 0.249. The van der Waals surface area contributed by atoms with Crippen LogP contribution in [0.2, 0.25) is 0 Å². The van der Waals surface area contributed by atoms with E-state index in [4.69, 9.17) is 0 Å². The fourth-order valence-corrected chi connectivity index (χ4v) is 3.72. The Morgan fingerprint density at radius 2 is 2.19 bits per heavy atom. The number of thiophene rings is 1. The highest BCUT2D eigenvalue weighted by Gasteiger charge is 2.15. The third-order valence-corrected chi connectivity index (χ3v) is 5.04. The Bertz CT molecular complexity index is 662. The van der Waals surface area contributed by atoms with Gasteiger partial charge in [0.15, 0.2) is 0 Å². The molecule has 3 nitrogen and oxygen atoms in total. The first-order valence-corrected chi connectivity index (χ1v) is 8.69. The molecule has 0 unspecified atom stereocenters. The minimum absolute atomic E-state index is 0.249. The molecular formula is C16H17N3S2. The fourth-order valence-electron chi connectivity index (χ4n) is 2.17. The number of thiazole rings is 1. The lowest BCUT2D eigenvalue weighted by molar-refractivity contribution is 0.527. The third-order valence-electron chi connectivity index (χ3n) is 3.23. The number of rotatable bonds is 6. The van der Waals surface area contributed by atoms with E-state index in [2.05, 4.69) is 43.6 Å². The zero-order chi connectivity index (χ0) is 14.5. The van der Waals surface area contributed by atoms with Gasteiger partial charge in [-0.2, -0.15) is 11.3 Å². The molecule has 0 aromatic carbocycles. The Morgan fingerprint density at radius 1 is 1.24 bits per heavy atom. The van der Waals surface area contributed by atoms with E-state index in [1.807, 2.05) is 19.2 Å². The lowest BCUT2D eigenvalue weighted by atomic mass is 10.1. The molecule has 0 fully saturated rings. The molecule has 0 radical (unpaired) electrons. The van der Waals surface area contributed by atoms with Crippen LogP contribution >= 0.6 is 22.7 Å². The van der Waals surface area contributed by atoms with Crippen LogP contribution in [-0.2, 0) is 13.0 Å². The van der Waals surface area contributed by atoms with Gasteiger partial charge in [-0.15, -0.1) is 11.3 Å². The Kier molecular flexibility index (Phi) is 4.75. The molecule has 0 aliphatic heterocycles. The molecule has 0 bridgehead atoms. The molecule has 3 heterocycles. The highest BCUT2D eigenvalue weighted by atomic mass is 32.1. The molecule has 108 valence electrons.